The Kier molecular flexibility index (Phi) is 8.82. The third-order valence-corrected chi connectivity index (χ3v) is 8.91. The monoisotopic (exact) mass is 562 g/mol. The normalized spacial score (nSPS) is 15.7. The lowest BCUT2D eigenvalue weighted by molar-refractivity contribution is -0.113. The molecule has 1 amide bonds. The second-order valence-corrected chi connectivity index (χ2v) is 11.6. The highest BCUT2D eigenvalue weighted by Crippen LogP contribution is 2.40. The number of amides is 1. The Labute approximate surface area is 230 Å². The van der Waals surface area contributed by atoms with Crippen molar-refractivity contribution in [1.29, 1.82) is 0 Å². The SMILES string of the molecule is CCn1c(SCC(=O)Nc2sc3c(c2C(=O)OC)CCC(C)C3)nnc1C(C)Oc1ccc(Cl)c(C)c1. The number of benzene rings is 1. The number of carbonyl (C=O) groups excluding carboxylic acids is 2. The second-order valence-electron chi connectivity index (χ2n) is 9.14. The first-order chi connectivity index (χ1) is 17.7. The van der Waals surface area contributed by atoms with E-state index in [1.807, 2.05) is 37.5 Å². The number of carbonyl (C=O) groups is 2. The minimum Gasteiger partial charge on any atom is -0.483 e. The zero-order valence-electron chi connectivity index (χ0n) is 21.6. The molecule has 37 heavy (non-hydrogen) atoms. The van der Waals surface area contributed by atoms with Crippen molar-refractivity contribution in [3.63, 3.8) is 0 Å². The number of thiophene rings is 1. The average molecular weight is 563 g/mol. The van der Waals surface area contributed by atoms with Crippen molar-refractivity contribution in [2.45, 2.75) is 64.8 Å². The number of nitrogens with one attached hydrogen (secondary N) is 1. The van der Waals surface area contributed by atoms with Gasteiger partial charge in [0.05, 0.1) is 18.4 Å². The molecule has 0 fully saturated rings. The molecule has 11 heteroatoms. The number of nitrogens with zero attached hydrogens (tertiary/aromatic N) is 3. The first kappa shape index (κ1) is 27.5. The maximum Gasteiger partial charge on any atom is 0.341 e. The van der Waals surface area contributed by atoms with E-state index in [1.54, 1.807) is 6.07 Å². The molecule has 0 aliphatic heterocycles. The van der Waals surface area contributed by atoms with E-state index < -0.39 is 5.97 Å². The van der Waals surface area contributed by atoms with Gasteiger partial charge in [-0.1, -0.05) is 30.3 Å². The number of rotatable bonds is 9. The lowest BCUT2D eigenvalue weighted by Crippen LogP contribution is -2.17. The molecule has 1 aliphatic rings. The van der Waals surface area contributed by atoms with Crippen LogP contribution in [0.1, 0.15) is 65.5 Å². The van der Waals surface area contributed by atoms with Crippen LogP contribution in [0.5, 0.6) is 5.75 Å². The van der Waals surface area contributed by atoms with Crippen LogP contribution in [0.2, 0.25) is 5.02 Å². The summed E-state index contributed by atoms with van der Waals surface area (Å²) in [4.78, 5) is 26.6. The molecule has 4 rings (SSSR count). The topological polar surface area (TPSA) is 95.3 Å². The van der Waals surface area contributed by atoms with Crippen molar-refractivity contribution in [2.75, 3.05) is 18.2 Å². The number of hydrogen-bond donors (Lipinski definition) is 1. The zero-order chi connectivity index (χ0) is 26.7. The summed E-state index contributed by atoms with van der Waals surface area (Å²) in [5.74, 6) is 1.43. The third kappa shape index (κ3) is 6.13. The number of fused-ring (bicyclic) bond motifs is 1. The van der Waals surface area contributed by atoms with E-state index in [0.29, 0.717) is 44.8 Å². The van der Waals surface area contributed by atoms with Crippen LogP contribution in [0.4, 0.5) is 5.00 Å². The highest BCUT2D eigenvalue weighted by molar-refractivity contribution is 7.99. The molecule has 2 heterocycles. The van der Waals surface area contributed by atoms with Crippen LogP contribution >= 0.6 is 34.7 Å². The molecule has 198 valence electrons. The first-order valence-corrected chi connectivity index (χ1v) is 14.4. The maximum absolute atomic E-state index is 12.9. The van der Waals surface area contributed by atoms with Gasteiger partial charge in [-0.3, -0.25) is 4.79 Å². The number of methoxy groups -OCH3 is 1. The van der Waals surface area contributed by atoms with E-state index in [1.165, 1.54) is 30.2 Å². The largest absolute Gasteiger partial charge is 0.483 e. The van der Waals surface area contributed by atoms with Crippen LogP contribution in [0.25, 0.3) is 0 Å². The van der Waals surface area contributed by atoms with E-state index >= 15 is 0 Å². The summed E-state index contributed by atoms with van der Waals surface area (Å²) < 4.78 is 13.0. The lowest BCUT2D eigenvalue weighted by atomic mass is 9.88. The molecule has 0 saturated carbocycles. The standard InChI is InChI=1S/C26H31ClN4O4S2/c1-6-31-23(16(4)35-17-8-10-19(27)15(3)12-17)29-30-26(31)36-13-21(32)28-24-22(25(33)34-5)18-9-7-14(2)11-20(18)37-24/h8,10,12,14,16H,6-7,9,11,13H2,1-5H3,(H,28,32). The van der Waals surface area contributed by atoms with Crippen molar-refractivity contribution < 1.29 is 19.1 Å². The van der Waals surface area contributed by atoms with Gasteiger partial charge in [0, 0.05) is 16.4 Å². The number of aryl methyl sites for hydroxylation is 1. The summed E-state index contributed by atoms with van der Waals surface area (Å²) in [6, 6.07) is 5.51. The predicted molar refractivity (Wildman–Crippen MR) is 147 cm³/mol. The van der Waals surface area contributed by atoms with Gasteiger partial charge in [0.1, 0.15) is 10.8 Å². The Balaban J connectivity index is 1.44. The van der Waals surface area contributed by atoms with Gasteiger partial charge in [0.25, 0.3) is 0 Å². The van der Waals surface area contributed by atoms with Crippen molar-refractivity contribution in [3.05, 3.63) is 50.6 Å². The molecule has 0 bridgehead atoms. The zero-order valence-corrected chi connectivity index (χ0v) is 24.0. The number of aromatic nitrogens is 3. The van der Waals surface area contributed by atoms with E-state index in [4.69, 9.17) is 21.1 Å². The van der Waals surface area contributed by atoms with Crippen molar-refractivity contribution in [3.8, 4) is 5.75 Å². The summed E-state index contributed by atoms with van der Waals surface area (Å²) in [5.41, 5.74) is 2.44. The van der Waals surface area contributed by atoms with Crippen LogP contribution in [0.15, 0.2) is 23.4 Å². The van der Waals surface area contributed by atoms with Crippen LogP contribution in [0, 0.1) is 12.8 Å². The minimum atomic E-state index is -0.407. The van der Waals surface area contributed by atoms with E-state index in [0.717, 1.165) is 35.3 Å². The third-order valence-electron chi connectivity index (χ3n) is 6.35. The van der Waals surface area contributed by atoms with Crippen LogP contribution in [-0.2, 0) is 28.9 Å². The Hall–Kier alpha value is -2.56. The molecule has 8 nitrogen and oxygen atoms in total. The van der Waals surface area contributed by atoms with Gasteiger partial charge in [-0.05, 0) is 75.3 Å². The van der Waals surface area contributed by atoms with E-state index in [-0.39, 0.29) is 17.8 Å². The average Bonchev–Trinajstić information content (AvgIpc) is 3.44. The quantitative estimate of drug-likeness (QED) is 0.248. The highest BCUT2D eigenvalue weighted by Gasteiger charge is 2.29. The second kappa shape index (κ2) is 11.9. The number of esters is 1. The number of ether oxygens (including phenoxy) is 2. The Bertz CT molecular complexity index is 1310. The van der Waals surface area contributed by atoms with Crippen molar-refractivity contribution in [1.82, 2.24) is 14.8 Å². The summed E-state index contributed by atoms with van der Waals surface area (Å²) in [6.07, 6.45) is 2.40. The molecule has 1 N–H and O–H groups in total. The predicted octanol–water partition coefficient (Wildman–Crippen LogP) is 6.10. The van der Waals surface area contributed by atoms with Gasteiger partial charge in [0.2, 0.25) is 5.91 Å². The molecule has 0 saturated heterocycles. The molecular formula is C26H31ClN4O4S2. The fourth-order valence-electron chi connectivity index (χ4n) is 4.40. The molecule has 3 aromatic rings. The number of halogens is 1. The lowest BCUT2D eigenvalue weighted by Gasteiger charge is -2.18. The summed E-state index contributed by atoms with van der Waals surface area (Å²) >= 11 is 8.89. The molecule has 2 unspecified atom stereocenters. The number of hydrogen-bond acceptors (Lipinski definition) is 8. The van der Waals surface area contributed by atoms with Gasteiger partial charge in [0.15, 0.2) is 17.1 Å². The van der Waals surface area contributed by atoms with E-state index in [9.17, 15) is 9.59 Å². The number of thioether (sulfide) groups is 1. The smallest absolute Gasteiger partial charge is 0.341 e. The summed E-state index contributed by atoms with van der Waals surface area (Å²) in [7, 11) is 1.37. The number of anilines is 1. The maximum atomic E-state index is 12.9. The summed E-state index contributed by atoms with van der Waals surface area (Å²) in [5, 5.41) is 13.5. The van der Waals surface area contributed by atoms with Crippen LogP contribution < -0.4 is 10.1 Å². The van der Waals surface area contributed by atoms with Gasteiger partial charge >= 0.3 is 5.97 Å². The summed E-state index contributed by atoms with van der Waals surface area (Å²) in [6.45, 7) is 8.66. The fourth-order valence-corrected chi connectivity index (χ4v) is 6.74. The highest BCUT2D eigenvalue weighted by atomic mass is 35.5. The Morgan fingerprint density at radius 2 is 2.14 bits per heavy atom. The molecule has 0 radical (unpaired) electrons. The van der Waals surface area contributed by atoms with Crippen molar-refractivity contribution >= 4 is 51.6 Å². The Morgan fingerprint density at radius 1 is 1.35 bits per heavy atom. The molecule has 2 aromatic heterocycles. The van der Waals surface area contributed by atoms with Gasteiger partial charge < -0.3 is 19.4 Å². The Morgan fingerprint density at radius 3 is 2.84 bits per heavy atom. The van der Waals surface area contributed by atoms with Gasteiger partial charge in [-0.15, -0.1) is 21.5 Å². The first-order valence-electron chi connectivity index (χ1n) is 12.2. The van der Waals surface area contributed by atoms with Crippen LogP contribution in [-0.4, -0.2) is 39.5 Å². The molecule has 0 spiro atoms. The van der Waals surface area contributed by atoms with Crippen molar-refractivity contribution in [2.24, 2.45) is 5.92 Å². The minimum absolute atomic E-state index is 0.128. The van der Waals surface area contributed by atoms with Gasteiger partial charge in [-0.2, -0.15) is 0 Å². The molecule has 2 atom stereocenters. The molecule has 1 aromatic carbocycles. The molecule has 1 aliphatic carbocycles. The van der Waals surface area contributed by atoms with Crippen LogP contribution in [0.3, 0.4) is 0 Å². The molecular weight excluding hydrogens is 532 g/mol. The van der Waals surface area contributed by atoms with Gasteiger partial charge in [-0.25, -0.2) is 4.79 Å². The fraction of sp³-hybridized carbons (Fsp3) is 0.462. The van der Waals surface area contributed by atoms with E-state index in [2.05, 4.69) is 22.4 Å².